The number of rotatable bonds is 0. The number of benzene rings is 1. The molecule has 2 nitrogen and oxygen atoms in total. The highest BCUT2D eigenvalue weighted by Crippen LogP contribution is 2.52. The molecule has 0 aromatic heterocycles. The number of anilines is 2. The van der Waals surface area contributed by atoms with Crippen molar-refractivity contribution in [1.82, 2.24) is 0 Å². The zero-order valence-corrected chi connectivity index (χ0v) is 14.2. The molecule has 0 fully saturated rings. The Hall–Kier alpha value is -1.18. The van der Waals surface area contributed by atoms with Crippen LogP contribution in [-0.4, -0.2) is 26.2 Å². The average molecular weight is 272 g/mol. The predicted molar refractivity (Wildman–Crippen MR) is 88.2 cm³/mol. The fraction of sp³-hybridized carbons (Fsp3) is 0.667. The van der Waals surface area contributed by atoms with Crippen LogP contribution in [0, 0.1) is 0 Å². The van der Waals surface area contributed by atoms with Crippen LogP contribution in [0.15, 0.2) is 12.1 Å². The first-order valence-electron chi connectivity index (χ1n) is 7.74. The van der Waals surface area contributed by atoms with E-state index in [0.29, 0.717) is 12.1 Å². The molecule has 0 aliphatic carbocycles. The number of hydrogen-bond donors (Lipinski definition) is 0. The molecule has 2 aliphatic rings. The van der Waals surface area contributed by atoms with Gasteiger partial charge in [-0.1, -0.05) is 33.8 Å². The fourth-order valence-electron chi connectivity index (χ4n) is 4.03. The molecule has 0 spiro atoms. The summed E-state index contributed by atoms with van der Waals surface area (Å²) in [7, 11) is 4.46. The molecule has 2 aliphatic heterocycles. The molecule has 0 amide bonds. The molecule has 1 aromatic rings. The van der Waals surface area contributed by atoms with Gasteiger partial charge in [-0.25, -0.2) is 0 Å². The summed E-state index contributed by atoms with van der Waals surface area (Å²) in [6, 6.07) is 6.00. The fourth-order valence-corrected chi connectivity index (χ4v) is 4.03. The van der Waals surface area contributed by atoms with Gasteiger partial charge in [-0.2, -0.15) is 0 Å². The Morgan fingerprint density at radius 3 is 1.45 bits per heavy atom. The Labute approximate surface area is 123 Å². The lowest BCUT2D eigenvalue weighted by Crippen LogP contribution is -2.37. The van der Waals surface area contributed by atoms with Crippen molar-refractivity contribution in [2.24, 2.45) is 0 Å². The van der Waals surface area contributed by atoms with Crippen LogP contribution in [0.2, 0.25) is 0 Å². The smallest absolute Gasteiger partial charge is 0.0426 e. The number of nitrogens with zero attached hydrogens (tertiary/aromatic N) is 2. The van der Waals surface area contributed by atoms with E-state index in [1.54, 1.807) is 0 Å². The van der Waals surface area contributed by atoms with Gasteiger partial charge in [-0.05, 0) is 31.0 Å². The molecule has 20 heavy (non-hydrogen) atoms. The second-order valence-electron chi connectivity index (χ2n) is 7.90. The van der Waals surface area contributed by atoms with Gasteiger partial charge in [0.2, 0.25) is 0 Å². The molecule has 3 rings (SSSR count). The monoisotopic (exact) mass is 272 g/mol. The predicted octanol–water partition coefficient (Wildman–Crippen LogP) is 3.92. The summed E-state index contributed by atoms with van der Waals surface area (Å²) >= 11 is 0. The van der Waals surface area contributed by atoms with E-state index in [4.69, 9.17) is 0 Å². The molecule has 0 bridgehead atoms. The molecular weight excluding hydrogens is 244 g/mol. The van der Waals surface area contributed by atoms with Crippen molar-refractivity contribution < 1.29 is 0 Å². The third kappa shape index (κ3) is 1.40. The summed E-state index contributed by atoms with van der Waals surface area (Å²) in [6.07, 6.45) is 0. The number of likely N-dealkylation sites (N-methyl/N-ethyl adjacent to an activating group) is 2. The lowest BCUT2D eigenvalue weighted by atomic mass is 9.76. The van der Waals surface area contributed by atoms with E-state index in [1.165, 1.54) is 22.5 Å². The van der Waals surface area contributed by atoms with Crippen molar-refractivity contribution >= 4 is 11.4 Å². The van der Waals surface area contributed by atoms with Crippen molar-refractivity contribution in [2.75, 3.05) is 23.9 Å². The number of fused-ring (bicyclic) bond motifs is 2. The largest absolute Gasteiger partial charge is 0.371 e. The highest BCUT2D eigenvalue weighted by Gasteiger charge is 2.46. The van der Waals surface area contributed by atoms with Crippen molar-refractivity contribution in [3.63, 3.8) is 0 Å². The minimum Gasteiger partial charge on any atom is -0.371 e. The van der Waals surface area contributed by atoms with Crippen molar-refractivity contribution in [3.05, 3.63) is 23.3 Å². The number of hydrogen-bond acceptors (Lipinski definition) is 2. The molecular formula is C18H28N2. The van der Waals surface area contributed by atoms with E-state index >= 15 is 0 Å². The van der Waals surface area contributed by atoms with E-state index in [0.717, 1.165) is 0 Å². The Kier molecular flexibility index (Phi) is 2.56. The van der Waals surface area contributed by atoms with Crippen LogP contribution in [0.5, 0.6) is 0 Å². The summed E-state index contributed by atoms with van der Waals surface area (Å²) in [5.74, 6) is 0. The second-order valence-corrected chi connectivity index (χ2v) is 7.90. The van der Waals surface area contributed by atoms with Crippen LogP contribution in [0.3, 0.4) is 0 Å². The maximum Gasteiger partial charge on any atom is 0.0426 e. The molecule has 1 aromatic carbocycles. The molecule has 0 N–H and O–H groups in total. The molecule has 0 saturated carbocycles. The van der Waals surface area contributed by atoms with Gasteiger partial charge < -0.3 is 9.80 Å². The van der Waals surface area contributed by atoms with Gasteiger partial charge in [-0.3, -0.25) is 0 Å². The highest BCUT2D eigenvalue weighted by atomic mass is 15.2. The SMILES string of the molecule is CC1N(C)c2cc3c(cc2C1(C)C)C(C)(C)C(C)N3C. The standard InChI is InChI=1S/C18H28N2/c1-11-17(3,4)13-9-14-16(10-15(13)19(11)7)20(8)12(2)18(14,5)6/h9-12H,1-8H3. The molecule has 110 valence electrons. The molecule has 2 atom stereocenters. The third-order valence-electron chi connectivity index (χ3n) is 6.51. The van der Waals surface area contributed by atoms with Crippen molar-refractivity contribution in [1.29, 1.82) is 0 Å². The van der Waals surface area contributed by atoms with Crippen LogP contribution in [0.4, 0.5) is 11.4 Å². The first-order valence-corrected chi connectivity index (χ1v) is 7.74. The Morgan fingerprint density at radius 1 is 0.750 bits per heavy atom. The van der Waals surface area contributed by atoms with Crippen LogP contribution in [-0.2, 0) is 10.8 Å². The van der Waals surface area contributed by atoms with Gasteiger partial charge >= 0.3 is 0 Å². The summed E-state index contributed by atoms with van der Waals surface area (Å²) in [5.41, 5.74) is 6.30. The van der Waals surface area contributed by atoms with E-state index in [-0.39, 0.29) is 10.8 Å². The van der Waals surface area contributed by atoms with Crippen molar-refractivity contribution in [3.8, 4) is 0 Å². The van der Waals surface area contributed by atoms with Gasteiger partial charge in [-0.15, -0.1) is 0 Å². The van der Waals surface area contributed by atoms with Crippen molar-refractivity contribution in [2.45, 2.75) is 64.5 Å². The first-order chi connectivity index (χ1) is 9.10. The van der Waals surface area contributed by atoms with Crippen LogP contribution in [0.25, 0.3) is 0 Å². The Balaban J connectivity index is 2.26. The highest BCUT2D eigenvalue weighted by molar-refractivity contribution is 5.76. The van der Waals surface area contributed by atoms with Crippen LogP contribution >= 0.6 is 0 Å². The van der Waals surface area contributed by atoms with E-state index in [1.807, 2.05) is 0 Å². The minimum absolute atomic E-state index is 0.222. The quantitative estimate of drug-likeness (QED) is 0.706. The molecule has 2 heterocycles. The molecule has 0 saturated heterocycles. The van der Waals surface area contributed by atoms with Crippen LogP contribution < -0.4 is 9.80 Å². The molecule has 2 unspecified atom stereocenters. The second kappa shape index (κ2) is 3.72. The average Bonchev–Trinajstić information content (AvgIpc) is 2.66. The normalized spacial score (nSPS) is 29.6. The van der Waals surface area contributed by atoms with E-state index in [9.17, 15) is 0 Å². The Morgan fingerprint density at radius 2 is 1.10 bits per heavy atom. The topological polar surface area (TPSA) is 6.48 Å². The zero-order valence-electron chi connectivity index (χ0n) is 14.2. The van der Waals surface area contributed by atoms with Gasteiger partial charge in [0.15, 0.2) is 0 Å². The zero-order chi connectivity index (χ0) is 15.0. The minimum atomic E-state index is 0.222. The van der Waals surface area contributed by atoms with E-state index in [2.05, 4.69) is 77.6 Å². The van der Waals surface area contributed by atoms with Gasteiger partial charge in [0.05, 0.1) is 0 Å². The summed E-state index contributed by atoms with van der Waals surface area (Å²) in [4.78, 5) is 4.89. The summed E-state index contributed by atoms with van der Waals surface area (Å²) in [6.45, 7) is 14.2. The van der Waals surface area contributed by atoms with Gasteiger partial charge in [0.1, 0.15) is 0 Å². The molecule has 0 radical (unpaired) electrons. The maximum absolute atomic E-state index is 2.49. The lowest BCUT2D eigenvalue weighted by molar-refractivity contribution is 0.444. The summed E-state index contributed by atoms with van der Waals surface area (Å²) in [5, 5.41) is 0. The lowest BCUT2D eigenvalue weighted by Gasteiger charge is -2.30. The van der Waals surface area contributed by atoms with Crippen LogP contribution in [0.1, 0.15) is 52.7 Å². The third-order valence-corrected chi connectivity index (χ3v) is 6.51. The Bertz CT molecular complexity index is 524. The van der Waals surface area contributed by atoms with E-state index < -0.39 is 0 Å². The molecule has 2 heteroatoms. The maximum atomic E-state index is 2.49. The van der Waals surface area contributed by atoms with Gasteiger partial charge in [0, 0.05) is 48.4 Å². The summed E-state index contributed by atoms with van der Waals surface area (Å²) < 4.78 is 0. The first kappa shape index (κ1) is 13.8. The van der Waals surface area contributed by atoms with Gasteiger partial charge in [0.25, 0.3) is 0 Å².